The molecule has 0 radical (unpaired) electrons. The van der Waals surface area contributed by atoms with Crippen LogP contribution in [0.25, 0.3) is 0 Å². The average Bonchev–Trinajstić information content (AvgIpc) is 2.99. The molecule has 13 heteroatoms. The van der Waals surface area contributed by atoms with Crippen LogP contribution >= 0.6 is 0 Å². The summed E-state index contributed by atoms with van der Waals surface area (Å²) in [5, 5.41) is 25.0. The molecular weight excluding hydrogens is 603 g/mol. The molecule has 3 amide bonds. The van der Waals surface area contributed by atoms with Crippen LogP contribution in [0.4, 0.5) is 0 Å². The van der Waals surface area contributed by atoms with Crippen molar-refractivity contribution in [3.05, 3.63) is 0 Å². The van der Waals surface area contributed by atoms with Crippen LogP contribution in [-0.2, 0) is 28.8 Å². The molecule has 0 rings (SSSR count). The van der Waals surface area contributed by atoms with Crippen molar-refractivity contribution in [2.24, 2.45) is 23.3 Å². The van der Waals surface area contributed by atoms with Crippen LogP contribution in [0.3, 0.4) is 0 Å². The molecule has 0 aromatic rings. The molecule has 0 fully saturated rings. The van der Waals surface area contributed by atoms with Crippen molar-refractivity contribution < 1.29 is 38.9 Å². The zero-order chi connectivity index (χ0) is 35.9. The number of nitrogens with one attached hydrogen (secondary N) is 2. The van der Waals surface area contributed by atoms with E-state index in [0.29, 0.717) is 6.42 Å². The molecule has 0 aliphatic heterocycles. The van der Waals surface area contributed by atoms with E-state index in [-0.39, 0.29) is 31.6 Å². The normalized spacial score (nSPS) is 15.1. The number of aliphatic hydroxyl groups excluding tert-OH is 1. The number of Topliss-reactive ketones (excluding diaryl/α,β-unsaturated/α-hetero) is 3. The number of hydrogen-bond acceptors (Lipinski definition) is 9. The lowest BCUT2D eigenvalue weighted by Crippen LogP contribution is -2.52. The molecule has 0 aromatic heterocycles. The van der Waals surface area contributed by atoms with Gasteiger partial charge in [-0.05, 0) is 19.2 Å². The summed E-state index contributed by atoms with van der Waals surface area (Å²) in [6, 6.07) is -2.57. The highest BCUT2D eigenvalue weighted by Gasteiger charge is 2.33. The lowest BCUT2D eigenvalue weighted by molar-refractivity contribution is -0.136. The quantitative estimate of drug-likeness (QED) is 0.0510. The summed E-state index contributed by atoms with van der Waals surface area (Å²) >= 11 is 0. The largest absolute Gasteiger partial charge is 0.450 e. The van der Waals surface area contributed by atoms with Gasteiger partial charge in [-0.25, -0.2) is 0 Å². The van der Waals surface area contributed by atoms with Crippen LogP contribution in [0.15, 0.2) is 0 Å². The second kappa shape index (κ2) is 25.4. The first-order valence-corrected chi connectivity index (χ1v) is 17.7. The molecule has 0 heterocycles. The Morgan fingerprint density at radius 2 is 1.26 bits per heavy atom. The Hall–Kier alpha value is -2.64. The van der Waals surface area contributed by atoms with E-state index in [1.54, 1.807) is 6.92 Å². The molecule has 0 saturated heterocycles. The Kier molecular flexibility index (Phi) is 24.0. The van der Waals surface area contributed by atoms with Gasteiger partial charge >= 0.3 is 0 Å². The first kappa shape index (κ1) is 44.4. The zero-order valence-corrected chi connectivity index (χ0v) is 29.6. The molecule has 0 aromatic carbocycles. The lowest BCUT2D eigenvalue weighted by atomic mass is 9.58. The predicted octanol–water partition coefficient (Wildman–Crippen LogP) is 3.01. The topological polar surface area (TPSA) is 219 Å². The third-order valence-electron chi connectivity index (χ3n) is 8.73. The minimum absolute atomic E-state index is 0.0669. The van der Waals surface area contributed by atoms with Gasteiger partial charge in [-0.2, -0.15) is 0 Å². The molecule has 6 atom stereocenters. The van der Waals surface area contributed by atoms with Gasteiger partial charge in [-0.3, -0.25) is 28.8 Å². The predicted molar refractivity (Wildman–Crippen MR) is 184 cm³/mol. The minimum Gasteiger partial charge on any atom is -0.450 e. The lowest BCUT2D eigenvalue weighted by Gasteiger charge is -2.25. The molecule has 0 saturated carbocycles. The number of hydrogen-bond donors (Lipinski definition) is 6. The highest BCUT2D eigenvalue weighted by Crippen LogP contribution is 2.17. The second-order valence-corrected chi connectivity index (χ2v) is 13.4. The fourth-order valence-corrected chi connectivity index (χ4v) is 5.30. The van der Waals surface area contributed by atoms with Crippen molar-refractivity contribution in [3.8, 4) is 0 Å². The van der Waals surface area contributed by atoms with Crippen LogP contribution < -0.4 is 22.1 Å². The van der Waals surface area contributed by atoms with Gasteiger partial charge in [0.2, 0.25) is 17.7 Å². The number of ketones is 3. The van der Waals surface area contributed by atoms with Crippen LogP contribution in [0.1, 0.15) is 130 Å². The van der Waals surface area contributed by atoms with Crippen molar-refractivity contribution >= 4 is 42.0 Å². The molecule has 0 aliphatic carbocycles. The Morgan fingerprint density at radius 3 is 1.72 bits per heavy atom. The number of unbranched alkanes of at least 4 members (excludes halogenated alkanes) is 10. The Balaban J connectivity index is 4.89. The van der Waals surface area contributed by atoms with E-state index >= 15 is 0 Å². The number of carbonyl (C=O) groups is 6. The molecule has 47 heavy (non-hydrogen) atoms. The van der Waals surface area contributed by atoms with E-state index in [1.165, 1.54) is 65.6 Å². The van der Waals surface area contributed by atoms with Gasteiger partial charge in [0.25, 0.3) is 6.92 Å². The molecule has 0 spiro atoms. The Morgan fingerprint density at radius 1 is 0.723 bits per heavy atom. The van der Waals surface area contributed by atoms with Crippen molar-refractivity contribution in [2.45, 2.75) is 161 Å². The van der Waals surface area contributed by atoms with E-state index in [1.807, 2.05) is 0 Å². The van der Waals surface area contributed by atoms with Crippen LogP contribution in [0.2, 0.25) is 12.6 Å². The maximum Gasteiger partial charge on any atom is 0.289 e. The second-order valence-electron chi connectivity index (χ2n) is 13.4. The third kappa shape index (κ3) is 20.4. The van der Waals surface area contributed by atoms with Gasteiger partial charge < -0.3 is 32.2 Å². The third-order valence-corrected chi connectivity index (χ3v) is 8.73. The van der Waals surface area contributed by atoms with Gasteiger partial charge in [0.15, 0.2) is 11.6 Å². The molecule has 270 valence electrons. The Bertz CT molecular complexity index is 978. The molecule has 8 N–H and O–H groups in total. The fraction of sp³-hybridized carbons (Fsp3) is 0.824. The van der Waals surface area contributed by atoms with E-state index in [4.69, 9.17) is 11.5 Å². The molecule has 0 unspecified atom stereocenters. The summed E-state index contributed by atoms with van der Waals surface area (Å²) in [5.74, 6) is -5.57. The summed E-state index contributed by atoms with van der Waals surface area (Å²) in [4.78, 5) is 75.8. The van der Waals surface area contributed by atoms with E-state index in [2.05, 4.69) is 17.6 Å². The first-order valence-electron chi connectivity index (χ1n) is 17.7. The maximum absolute atomic E-state index is 13.1. The van der Waals surface area contributed by atoms with Gasteiger partial charge in [-0.1, -0.05) is 91.8 Å². The van der Waals surface area contributed by atoms with Crippen molar-refractivity contribution in [2.75, 3.05) is 6.54 Å². The number of aliphatic hydroxyl groups is 1. The monoisotopic (exact) mass is 666 g/mol. The number of primary amides is 1. The molecule has 12 nitrogen and oxygen atoms in total. The molecular formula is C34H63BN4O8. The van der Waals surface area contributed by atoms with E-state index in [9.17, 15) is 38.9 Å². The number of carbonyl (C=O) groups excluding carboxylic acids is 6. The number of rotatable bonds is 29. The summed E-state index contributed by atoms with van der Waals surface area (Å²) in [5.41, 5.74) is 11.1. The minimum atomic E-state index is -1.34. The smallest absolute Gasteiger partial charge is 0.289 e. The average molecular weight is 667 g/mol. The SMILES string of the molecule is CCCCCCCCCCCCCC(=O)C[C@@H](CN)C(=O)N[C@H](C(=O)C[C@@H](C)C(=O)N[C@@H](CC(N)=O)C(=O)C[C@@H](C)B(C)O)[C@@H](C)O. The van der Waals surface area contributed by atoms with Crippen LogP contribution in [0.5, 0.6) is 0 Å². The van der Waals surface area contributed by atoms with Gasteiger partial charge in [-0.15, -0.1) is 0 Å². The summed E-state index contributed by atoms with van der Waals surface area (Å²) in [6.45, 7) is 7.27. The van der Waals surface area contributed by atoms with Crippen LogP contribution in [-0.4, -0.2) is 76.8 Å². The van der Waals surface area contributed by atoms with Gasteiger partial charge in [0.05, 0.1) is 24.5 Å². The number of amides is 3. The molecule has 0 aliphatic rings. The standard InChI is InChI=1S/C34H63BN4O8/c1-6-7-8-9-10-11-12-13-14-15-16-17-27(41)20-26(22-36)34(46)39-32(25(4)40)30(43)18-23(2)33(45)38-28(21-31(37)44)29(42)19-24(3)35(5)47/h23-26,28,32,40,47H,6-22,36H2,1-5H3,(H2,37,44)(H,38,45)(H,39,46)/t23-,24-,25-,26+,28+,32+/m1/s1. The van der Waals surface area contributed by atoms with E-state index in [0.717, 1.165) is 25.7 Å². The summed E-state index contributed by atoms with van der Waals surface area (Å²) < 4.78 is 0. The zero-order valence-electron chi connectivity index (χ0n) is 29.6. The maximum atomic E-state index is 13.1. The van der Waals surface area contributed by atoms with E-state index < -0.39 is 78.5 Å². The first-order chi connectivity index (χ1) is 22.1. The van der Waals surface area contributed by atoms with Gasteiger partial charge in [0.1, 0.15) is 11.8 Å². The van der Waals surface area contributed by atoms with Crippen molar-refractivity contribution in [1.29, 1.82) is 0 Å². The van der Waals surface area contributed by atoms with Gasteiger partial charge in [0, 0.05) is 38.1 Å². The fourth-order valence-electron chi connectivity index (χ4n) is 5.30. The highest BCUT2D eigenvalue weighted by atomic mass is 16.3. The summed E-state index contributed by atoms with van der Waals surface area (Å²) in [6.07, 6.45) is 10.9. The van der Waals surface area contributed by atoms with Crippen LogP contribution in [0, 0.1) is 11.8 Å². The number of nitrogens with two attached hydrogens (primary N) is 2. The highest BCUT2D eigenvalue weighted by molar-refractivity contribution is 6.50. The van der Waals surface area contributed by atoms with Crippen molar-refractivity contribution in [1.82, 2.24) is 10.6 Å². The Labute approximate surface area is 282 Å². The summed E-state index contributed by atoms with van der Waals surface area (Å²) in [7, 11) is 0. The van der Waals surface area contributed by atoms with Crippen molar-refractivity contribution in [3.63, 3.8) is 0 Å². The molecule has 0 bridgehead atoms.